The SMILES string of the molecule is CNc1ccc2nnc(Cl)n2n1. The predicted molar refractivity (Wildman–Crippen MR) is 45.3 cm³/mol. The molecule has 0 radical (unpaired) electrons. The van der Waals surface area contributed by atoms with E-state index in [1.165, 1.54) is 4.52 Å². The topological polar surface area (TPSA) is 55.1 Å². The third kappa shape index (κ3) is 0.984. The van der Waals surface area contributed by atoms with Gasteiger partial charge >= 0.3 is 0 Å². The maximum absolute atomic E-state index is 5.70. The van der Waals surface area contributed by atoms with Crippen LogP contribution in [-0.2, 0) is 0 Å². The molecule has 2 aromatic rings. The van der Waals surface area contributed by atoms with E-state index in [2.05, 4.69) is 20.6 Å². The van der Waals surface area contributed by atoms with Gasteiger partial charge in [-0.05, 0) is 23.7 Å². The summed E-state index contributed by atoms with van der Waals surface area (Å²) in [6.07, 6.45) is 0. The second-order valence-electron chi connectivity index (χ2n) is 2.21. The fourth-order valence-corrected chi connectivity index (χ4v) is 1.06. The predicted octanol–water partition coefficient (Wildman–Crippen LogP) is 0.819. The monoisotopic (exact) mass is 183 g/mol. The minimum atomic E-state index is 0.266. The van der Waals surface area contributed by atoms with E-state index in [1.54, 1.807) is 19.2 Å². The van der Waals surface area contributed by atoms with Crippen LogP contribution in [0.15, 0.2) is 12.1 Å². The van der Waals surface area contributed by atoms with Gasteiger partial charge in [0, 0.05) is 7.05 Å². The average Bonchev–Trinajstić information content (AvgIpc) is 2.47. The fourth-order valence-electron chi connectivity index (χ4n) is 0.896. The maximum atomic E-state index is 5.70. The summed E-state index contributed by atoms with van der Waals surface area (Å²) in [6.45, 7) is 0. The van der Waals surface area contributed by atoms with Crippen LogP contribution >= 0.6 is 11.6 Å². The van der Waals surface area contributed by atoms with Gasteiger partial charge in [0.05, 0.1) is 0 Å². The molecule has 0 fully saturated rings. The lowest BCUT2D eigenvalue weighted by Crippen LogP contribution is -1.98. The molecule has 12 heavy (non-hydrogen) atoms. The second-order valence-corrected chi connectivity index (χ2v) is 2.55. The highest BCUT2D eigenvalue weighted by molar-refractivity contribution is 6.28. The molecule has 6 heteroatoms. The molecule has 62 valence electrons. The van der Waals surface area contributed by atoms with E-state index in [-0.39, 0.29) is 5.28 Å². The van der Waals surface area contributed by atoms with Crippen LogP contribution in [0.1, 0.15) is 0 Å². The van der Waals surface area contributed by atoms with Gasteiger partial charge in [-0.15, -0.1) is 15.3 Å². The lowest BCUT2D eigenvalue weighted by molar-refractivity contribution is 0.930. The van der Waals surface area contributed by atoms with Crippen molar-refractivity contribution in [2.45, 2.75) is 0 Å². The summed E-state index contributed by atoms with van der Waals surface area (Å²) in [4.78, 5) is 0. The normalized spacial score (nSPS) is 10.5. The molecule has 0 saturated carbocycles. The van der Waals surface area contributed by atoms with Crippen molar-refractivity contribution >= 4 is 23.1 Å². The van der Waals surface area contributed by atoms with Crippen LogP contribution in [0.2, 0.25) is 5.28 Å². The van der Waals surface area contributed by atoms with Gasteiger partial charge in [0.15, 0.2) is 5.65 Å². The summed E-state index contributed by atoms with van der Waals surface area (Å²) in [5, 5.41) is 14.7. The smallest absolute Gasteiger partial charge is 0.246 e. The van der Waals surface area contributed by atoms with E-state index in [4.69, 9.17) is 11.6 Å². The lowest BCUT2D eigenvalue weighted by atomic mass is 10.5. The lowest BCUT2D eigenvalue weighted by Gasteiger charge is -1.97. The van der Waals surface area contributed by atoms with Gasteiger partial charge in [-0.25, -0.2) is 0 Å². The van der Waals surface area contributed by atoms with Crippen LogP contribution < -0.4 is 5.32 Å². The summed E-state index contributed by atoms with van der Waals surface area (Å²) in [5.74, 6) is 0.726. The van der Waals surface area contributed by atoms with E-state index in [1.807, 2.05) is 0 Å². The first kappa shape index (κ1) is 7.30. The van der Waals surface area contributed by atoms with Crippen molar-refractivity contribution in [3.05, 3.63) is 17.4 Å². The number of anilines is 1. The van der Waals surface area contributed by atoms with Crippen molar-refractivity contribution < 1.29 is 0 Å². The molecule has 0 aromatic carbocycles. The maximum Gasteiger partial charge on any atom is 0.246 e. The van der Waals surface area contributed by atoms with Crippen molar-refractivity contribution in [3.63, 3.8) is 0 Å². The molecule has 0 spiro atoms. The number of rotatable bonds is 1. The Morgan fingerprint density at radius 2 is 2.25 bits per heavy atom. The van der Waals surface area contributed by atoms with Gasteiger partial charge in [0.1, 0.15) is 5.82 Å². The van der Waals surface area contributed by atoms with E-state index in [0.29, 0.717) is 5.65 Å². The molecule has 0 saturated heterocycles. The van der Waals surface area contributed by atoms with Gasteiger partial charge in [-0.1, -0.05) is 0 Å². The van der Waals surface area contributed by atoms with Crippen LogP contribution in [0.4, 0.5) is 5.82 Å². The third-order valence-corrected chi connectivity index (χ3v) is 1.72. The van der Waals surface area contributed by atoms with Gasteiger partial charge in [-0.2, -0.15) is 4.52 Å². The van der Waals surface area contributed by atoms with E-state index >= 15 is 0 Å². The summed E-state index contributed by atoms with van der Waals surface area (Å²) < 4.78 is 1.47. The summed E-state index contributed by atoms with van der Waals surface area (Å²) in [5.41, 5.74) is 0.638. The number of fused-ring (bicyclic) bond motifs is 1. The highest BCUT2D eigenvalue weighted by Crippen LogP contribution is 2.09. The van der Waals surface area contributed by atoms with Crippen LogP contribution in [-0.4, -0.2) is 26.9 Å². The minimum Gasteiger partial charge on any atom is -0.372 e. The highest BCUT2D eigenvalue weighted by atomic mass is 35.5. The molecule has 1 N–H and O–H groups in total. The summed E-state index contributed by atoms with van der Waals surface area (Å²) in [7, 11) is 1.78. The molecular formula is C6H6ClN5. The quantitative estimate of drug-likeness (QED) is 0.711. The van der Waals surface area contributed by atoms with Crippen LogP contribution in [0, 0.1) is 0 Å². The Labute approximate surface area is 73.4 Å². The number of nitrogens with one attached hydrogen (secondary N) is 1. The Hall–Kier alpha value is -1.36. The Kier molecular flexibility index (Phi) is 1.58. The first-order chi connectivity index (χ1) is 5.81. The molecule has 5 nitrogen and oxygen atoms in total. The Balaban J connectivity index is 2.71. The number of aromatic nitrogens is 4. The van der Waals surface area contributed by atoms with Crippen molar-refractivity contribution in [1.29, 1.82) is 0 Å². The Morgan fingerprint density at radius 3 is 3.00 bits per heavy atom. The zero-order valence-corrected chi connectivity index (χ0v) is 7.08. The number of hydrogen-bond donors (Lipinski definition) is 1. The van der Waals surface area contributed by atoms with E-state index in [9.17, 15) is 0 Å². The van der Waals surface area contributed by atoms with E-state index < -0.39 is 0 Å². The first-order valence-corrected chi connectivity index (χ1v) is 3.75. The minimum absolute atomic E-state index is 0.266. The van der Waals surface area contributed by atoms with Gasteiger partial charge in [0.2, 0.25) is 5.28 Å². The zero-order valence-electron chi connectivity index (χ0n) is 6.32. The number of nitrogens with zero attached hydrogens (tertiary/aromatic N) is 4. The van der Waals surface area contributed by atoms with Crippen LogP contribution in [0.3, 0.4) is 0 Å². The van der Waals surface area contributed by atoms with Crippen molar-refractivity contribution in [2.24, 2.45) is 0 Å². The summed E-state index contributed by atoms with van der Waals surface area (Å²) >= 11 is 5.70. The largest absolute Gasteiger partial charge is 0.372 e. The van der Waals surface area contributed by atoms with Crippen molar-refractivity contribution in [1.82, 2.24) is 19.8 Å². The molecular weight excluding hydrogens is 178 g/mol. The standard InChI is InChI=1S/C6H6ClN5/c1-8-4-2-3-5-9-10-6(7)12(5)11-4/h2-3H,1H3,(H,8,11). The Morgan fingerprint density at radius 1 is 1.42 bits per heavy atom. The molecule has 0 amide bonds. The molecule has 2 heterocycles. The van der Waals surface area contributed by atoms with E-state index in [0.717, 1.165) is 5.82 Å². The average molecular weight is 184 g/mol. The molecule has 0 aliphatic carbocycles. The highest BCUT2D eigenvalue weighted by Gasteiger charge is 2.02. The molecule has 0 aliphatic heterocycles. The molecule has 2 rings (SSSR count). The molecule has 0 bridgehead atoms. The number of hydrogen-bond acceptors (Lipinski definition) is 4. The molecule has 2 aromatic heterocycles. The first-order valence-electron chi connectivity index (χ1n) is 3.37. The van der Waals surface area contributed by atoms with Crippen LogP contribution in [0.25, 0.3) is 5.65 Å². The molecule has 0 atom stereocenters. The fraction of sp³-hybridized carbons (Fsp3) is 0.167. The summed E-state index contributed by atoms with van der Waals surface area (Å²) in [6, 6.07) is 3.60. The van der Waals surface area contributed by atoms with Crippen molar-refractivity contribution in [3.8, 4) is 0 Å². The number of halogens is 1. The van der Waals surface area contributed by atoms with Crippen molar-refractivity contribution in [2.75, 3.05) is 12.4 Å². The van der Waals surface area contributed by atoms with Gasteiger partial charge in [0.25, 0.3) is 0 Å². The second kappa shape index (κ2) is 2.60. The molecule has 0 unspecified atom stereocenters. The molecule has 0 aliphatic rings. The Bertz CT molecular complexity index is 409. The van der Waals surface area contributed by atoms with Crippen LogP contribution in [0.5, 0.6) is 0 Å². The van der Waals surface area contributed by atoms with Gasteiger partial charge < -0.3 is 5.32 Å². The third-order valence-electron chi connectivity index (χ3n) is 1.48. The zero-order chi connectivity index (χ0) is 8.55. The van der Waals surface area contributed by atoms with Gasteiger partial charge in [-0.3, -0.25) is 0 Å².